The Hall–Kier alpha value is -1.92. The average molecular weight is 985 g/mol. The van der Waals surface area contributed by atoms with Crippen LogP contribution in [-0.4, -0.2) is 47.4 Å². The van der Waals surface area contributed by atoms with Gasteiger partial charge in [0.1, 0.15) is 0 Å². The summed E-state index contributed by atoms with van der Waals surface area (Å²) in [5, 5.41) is 23.2. The van der Waals surface area contributed by atoms with Gasteiger partial charge in [0.15, 0.2) is 0 Å². The predicted molar refractivity (Wildman–Crippen MR) is 306 cm³/mol. The number of unbranched alkanes of at least 4 members (excludes halogenated alkanes) is 44. The summed E-state index contributed by atoms with van der Waals surface area (Å²) in [6.07, 6.45) is 74.7. The number of ether oxygens (including phenoxy) is 1. The first-order valence-electron chi connectivity index (χ1n) is 31.3. The van der Waals surface area contributed by atoms with Crippen molar-refractivity contribution in [3.05, 3.63) is 36.5 Å². The molecule has 0 heterocycles. The molecule has 0 aliphatic heterocycles. The summed E-state index contributed by atoms with van der Waals surface area (Å²) in [6, 6.07) is -0.636. The Balaban J connectivity index is 3.50. The molecule has 0 aromatic heterocycles. The molecule has 412 valence electrons. The summed E-state index contributed by atoms with van der Waals surface area (Å²) in [4.78, 5) is 24.5. The second-order valence-electron chi connectivity index (χ2n) is 21.4. The van der Waals surface area contributed by atoms with Gasteiger partial charge in [-0.2, -0.15) is 0 Å². The summed E-state index contributed by atoms with van der Waals surface area (Å²) in [6.45, 7) is 4.89. The van der Waals surface area contributed by atoms with Crippen molar-refractivity contribution in [3.63, 3.8) is 0 Å². The summed E-state index contributed by atoms with van der Waals surface area (Å²) in [7, 11) is 0. The van der Waals surface area contributed by atoms with Gasteiger partial charge >= 0.3 is 5.97 Å². The molecule has 6 heteroatoms. The first-order chi connectivity index (χ1) is 34.5. The summed E-state index contributed by atoms with van der Waals surface area (Å²) in [5.74, 6) is -0.0866. The van der Waals surface area contributed by atoms with Gasteiger partial charge in [0.05, 0.1) is 25.4 Å². The number of aliphatic hydroxyl groups is 2. The highest BCUT2D eigenvalue weighted by Gasteiger charge is 2.18. The molecule has 70 heavy (non-hydrogen) atoms. The molecule has 0 radical (unpaired) electrons. The number of hydrogen-bond donors (Lipinski definition) is 3. The van der Waals surface area contributed by atoms with Crippen LogP contribution in [0.1, 0.15) is 335 Å². The van der Waals surface area contributed by atoms with Crippen LogP contribution < -0.4 is 5.32 Å². The molecule has 0 aliphatic carbocycles. The van der Waals surface area contributed by atoms with Crippen molar-refractivity contribution >= 4 is 11.9 Å². The van der Waals surface area contributed by atoms with Crippen LogP contribution >= 0.6 is 0 Å². The van der Waals surface area contributed by atoms with Crippen LogP contribution in [0.4, 0.5) is 0 Å². The fourth-order valence-electron chi connectivity index (χ4n) is 9.63. The molecule has 0 saturated carbocycles. The zero-order chi connectivity index (χ0) is 50.7. The number of rotatable bonds is 58. The van der Waals surface area contributed by atoms with Gasteiger partial charge in [-0.1, -0.05) is 294 Å². The molecule has 2 atom stereocenters. The van der Waals surface area contributed by atoms with E-state index >= 15 is 0 Å². The number of aliphatic hydroxyl groups excluding tert-OH is 2. The van der Waals surface area contributed by atoms with Crippen LogP contribution in [0, 0.1) is 0 Å². The van der Waals surface area contributed by atoms with Crippen LogP contribution in [0.15, 0.2) is 36.5 Å². The molecule has 0 spiro atoms. The van der Waals surface area contributed by atoms with Crippen molar-refractivity contribution < 1.29 is 24.5 Å². The van der Waals surface area contributed by atoms with Gasteiger partial charge in [-0.15, -0.1) is 0 Å². The van der Waals surface area contributed by atoms with Crippen molar-refractivity contribution in [3.8, 4) is 0 Å². The zero-order valence-electron chi connectivity index (χ0n) is 47.0. The smallest absolute Gasteiger partial charge is 0.305 e. The second-order valence-corrected chi connectivity index (χ2v) is 21.4. The molecule has 0 aliphatic rings. The van der Waals surface area contributed by atoms with E-state index in [1.54, 1.807) is 6.08 Å². The molecular formula is C64H121NO5. The topological polar surface area (TPSA) is 95.9 Å². The Bertz CT molecular complexity index is 1130. The minimum absolute atomic E-state index is 0.0110. The minimum Gasteiger partial charge on any atom is -0.466 e. The third-order valence-corrected chi connectivity index (χ3v) is 14.4. The maximum atomic E-state index is 12.5. The molecule has 2 unspecified atom stereocenters. The Morgan fingerprint density at radius 2 is 0.700 bits per heavy atom. The molecule has 0 aromatic carbocycles. The third-order valence-electron chi connectivity index (χ3n) is 14.4. The molecule has 0 saturated heterocycles. The molecule has 0 rings (SSSR count). The monoisotopic (exact) mass is 984 g/mol. The Kier molecular flexibility index (Phi) is 58.0. The number of hydrogen-bond acceptors (Lipinski definition) is 5. The van der Waals surface area contributed by atoms with E-state index in [2.05, 4.69) is 43.5 Å². The van der Waals surface area contributed by atoms with Gasteiger partial charge in [0.2, 0.25) is 5.91 Å². The highest BCUT2D eigenvalue weighted by atomic mass is 16.5. The van der Waals surface area contributed by atoms with Crippen LogP contribution in [0.25, 0.3) is 0 Å². The number of carbonyl (C=O) groups excluding carboxylic acids is 2. The highest BCUT2D eigenvalue weighted by Crippen LogP contribution is 2.17. The number of allylic oxidation sites excluding steroid dienone is 5. The predicted octanol–water partition coefficient (Wildman–Crippen LogP) is 19.6. The van der Waals surface area contributed by atoms with Gasteiger partial charge in [-0.3, -0.25) is 9.59 Å². The summed E-state index contributed by atoms with van der Waals surface area (Å²) < 4.78 is 5.46. The SMILES string of the molecule is CCCCCCCCCCCCCCCCCCC/C=C/C(O)C(CO)NC(=O)CCCCCCCCCCCC/C=C\C=C/CCCCCOC(=O)CCCCCCCCCCCCCCCCC. The van der Waals surface area contributed by atoms with Gasteiger partial charge in [-0.25, -0.2) is 0 Å². The second kappa shape index (κ2) is 59.6. The molecule has 3 N–H and O–H groups in total. The van der Waals surface area contributed by atoms with E-state index < -0.39 is 12.1 Å². The van der Waals surface area contributed by atoms with E-state index in [0.717, 1.165) is 77.0 Å². The van der Waals surface area contributed by atoms with E-state index in [0.29, 0.717) is 19.4 Å². The van der Waals surface area contributed by atoms with Crippen molar-refractivity contribution in [2.24, 2.45) is 0 Å². The Morgan fingerprint density at radius 1 is 0.400 bits per heavy atom. The maximum absolute atomic E-state index is 12.5. The average Bonchev–Trinajstić information content (AvgIpc) is 3.36. The quantitative estimate of drug-likeness (QED) is 0.0244. The van der Waals surface area contributed by atoms with Gasteiger partial charge in [-0.05, 0) is 64.2 Å². The zero-order valence-corrected chi connectivity index (χ0v) is 47.0. The fourth-order valence-corrected chi connectivity index (χ4v) is 9.63. The molecule has 0 aromatic rings. The first-order valence-corrected chi connectivity index (χ1v) is 31.3. The lowest BCUT2D eigenvalue weighted by Gasteiger charge is -2.20. The lowest BCUT2D eigenvalue weighted by molar-refractivity contribution is -0.143. The van der Waals surface area contributed by atoms with Gasteiger partial charge < -0.3 is 20.3 Å². The highest BCUT2D eigenvalue weighted by molar-refractivity contribution is 5.76. The third kappa shape index (κ3) is 55.4. The lowest BCUT2D eigenvalue weighted by Crippen LogP contribution is -2.45. The summed E-state index contributed by atoms with van der Waals surface area (Å²) >= 11 is 0. The lowest BCUT2D eigenvalue weighted by atomic mass is 10.0. The maximum Gasteiger partial charge on any atom is 0.305 e. The molecule has 1 amide bonds. The standard InChI is InChI=1S/C64H121NO5/c1-3-5-7-9-11-13-15-17-19-20-22-25-29-32-36-40-44-48-52-56-62(67)61(60-66)65-63(68)57-53-49-45-41-37-33-30-26-23-21-24-27-31-35-39-43-47-51-55-59-70-64(69)58-54-50-46-42-38-34-28-18-16-14-12-10-8-6-4-2/h27,31,35,39,52,56,61-62,66-67H,3-26,28-30,32-34,36-38,40-51,53-55,57-60H2,1-2H3,(H,65,68)/b31-27-,39-35-,56-52+. The number of amides is 1. The fraction of sp³-hybridized carbons (Fsp3) is 0.875. The Labute approximate surface area is 436 Å². The van der Waals surface area contributed by atoms with Crippen molar-refractivity contribution in [2.45, 2.75) is 347 Å². The molecule has 0 bridgehead atoms. The van der Waals surface area contributed by atoms with Crippen LogP contribution in [0.2, 0.25) is 0 Å². The largest absolute Gasteiger partial charge is 0.466 e. The minimum atomic E-state index is -0.852. The van der Waals surface area contributed by atoms with E-state index in [9.17, 15) is 19.8 Å². The number of nitrogens with one attached hydrogen (secondary N) is 1. The number of esters is 1. The molecule has 0 fully saturated rings. The first kappa shape index (κ1) is 68.1. The van der Waals surface area contributed by atoms with Crippen molar-refractivity contribution in [1.29, 1.82) is 0 Å². The van der Waals surface area contributed by atoms with E-state index in [1.807, 2.05) is 6.08 Å². The molecular weight excluding hydrogens is 863 g/mol. The van der Waals surface area contributed by atoms with Crippen LogP contribution in [-0.2, 0) is 14.3 Å². The number of carbonyl (C=O) groups is 2. The van der Waals surface area contributed by atoms with Crippen LogP contribution in [0.3, 0.4) is 0 Å². The van der Waals surface area contributed by atoms with Crippen molar-refractivity contribution in [1.82, 2.24) is 5.32 Å². The Morgan fingerprint density at radius 3 is 1.06 bits per heavy atom. The van der Waals surface area contributed by atoms with E-state index in [-0.39, 0.29) is 18.5 Å². The van der Waals surface area contributed by atoms with E-state index in [1.165, 1.54) is 231 Å². The van der Waals surface area contributed by atoms with E-state index in [4.69, 9.17) is 4.74 Å². The van der Waals surface area contributed by atoms with Crippen molar-refractivity contribution in [2.75, 3.05) is 13.2 Å². The van der Waals surface area contributed by atoms with Gasteiger partial charge in [0, 0.05) is 12.8 Å². The molecule has 6 nitrogen and oxygen atoms in total. The van der Waals surface area contributed by atoms with Gasteiger partial charge in [0.25, 0.3) is 0 Å². The van der Waals surface area contributed by atoms with Crippen LogP contribution in [0.5, 0.6) is 0 Å². The normalized spacial score (nSPS) is 12.8. The summed E-state index contributed by atoms with van der Waals surface area (Å²) in [5.41, 5.74) is 0.